The molecule has 0 bridgehead atoms. The minimum atomic E-state index is -0.275. The van der Waals surface area contributed by atoms with Crippen molar-refractivity contribution in [2.75, 3.05) is 19.5 Å². The van der Waals surface area contributed by atoms with E-state index in [9.17, 15) is 4.79 Å². The van der Waals surface area contributed by atoms with Crippen LogP contribution in [0.1, 0.15) is 27.3 Å². The van der Waals surface area contributed by atoms with Gasteiger partial charge in [0, 0.05) is 11.6 Å². The van der Waals surface area contributed by atoms with Gasteiger partial charge < -0.3 is 14.8 Å². The predicted octanol–water partition coefficient (Wildman–Crippen LogP) is 5.12. The molecule has 0 atom stereocenters. The number of ether oxygens (including phenoxy) is 2. The number of hydrogen-bond acceptors (Lipinski definition) is 4. The van der Waals surface area contributed by atoms with Crippen molar-refractivity contribution in [3.05, 3.63) is 69.0 Å². The van der Waals surface area contributed by atoms with Crippen LogP contribution >= 0.6 is 23.2 Å². The van der Waals surface area contributed by atoms with Crippen LogP contribution in [-0.4, -0.2) is 29.9 Å². The van der Waals surface area contributed by atoms with Gasteiger partial charge in [0.15, 0.2) is 0 Å². The lowest BCUT2D eigenvalue weighted by atomic mass is 10.1. The fourth-order valence-electron chi connectivity index (χ4n) is 2.97. The van der Waals surface area contributed by atoms with Crippen molar-refractivity contribution < 1.29 is 14.3 Å². The monoisotopic (exact) mass is 433 g/mol. The highest BCUT2D eigenvalue weighted by Gasteiger charge is 2.17. The Morgan fingerprint density at radius 2 is 1.69 bits per heavy atom. The van der Waals surface area contributed by atoms with Gasteiger partial charge in [0.2, 0.25) is 0 Å². The highest BCUT2D eigenvalue weighted by Crippen LogP contribution is 2.27. The second-order valence-corrected chi connectivity index (χ2v) is 7.32. The largest absolute Gasteiger partial charge is 0.497 e. The first-order chi connectivity index (χ1) is 13.8. The minimum absolute atomic E-state index is 0.275. The predicted molar refractivity (Wildman–Crippen MR) is 115 cm³/mol. The zero-order chi connectivity index (χ0) is 21.1. The van der Waals surface area contributed by atoms with E-state index < -0.39 is 0 Å². The van der Waals surface area contributed by atoms with Crippen molar-refractivity contribution >= 4 is 34.8 Å². The van der Waals surface area contributed by atoms with Gasteiger partial charge in [0.05, 0.1) is 47.9 Å². The fraction of sp³-hybridized carbons (Fsp3) is 0.238. The number of amides is 1. The number of hydrogen-bond donors (Lipinski definition) is 1. The summed E-state index contributed by atoms with van der Waals surface area (Å²) in [5.74, 6) is 0.805. The Hall–Kier alpha value is -2.70. The van der Waals surface area contributed by atoms with E-state index >= 15 is 0 Å². The van der Waals surface area contributed by atoms with Gasteiger partial charge in [0.25, 0.3) is 5.91 Å². The molecule has 3 rings (SSSR count). The zero-order valence-corrected chi connectivity index (χ0v) is 18.1. The van der Waals surface area contributed by atoms with E-state index in [1.54, 1.807) is 30.3 Å². The van der Waals surface area contributed by atoms with Gasteiger partial charge in [-0.1, -0.05) is 29.3 Å². The Labute approximate surface area is 179 Å². The van der Waals surface area contributed by atoms with Crippen LogP contribution in [0.5, 0.6) is 11.5 Å². The Bertz CT molecular complexity index is 1040. The van der Waals surface area contributed by atoms with Crippen LogP contribution in [0.3, 0.4) is 0 Å². The fourth-order valence-corrected chi connectivity index (χ4v) is 3.29. The molecule has 0 aliphatic carbocycles. The SMILES string of the molecule is COc1cc(OC)cc(C(=O)Nc2c(C)nn(Cc3ccc(Cl)c(Cl)c3)c2C)c1. The Balaban J connectivity index is 1.85. The number of methoxy groups -OCH3 is 2. The van der Waals surface area contributed by atoms with Gasteiger partial charge in [-0.25, -0.2) is 0 Å². The maximum Gasteiger partial charge on any atom is 0.256 e. The van der Waals surface area contributed by atoms with Crippen molar-refractivity contribution in [2.24, 2.45) is 0 Å². The summed E-state index contributed by atoms with van der Waals surface area (Å²) < 4.78 is 12.3. The topological polar surface area (TPSA) is 65.4 Å². The van der Waals surface area contributed by atoms with Crippen LogP contribution in [0.4, 0.5) is 5.69 Å². The van der Waals surface area contributed by atoms with E-state index in [0.29, 0.717) is 45.0 Å². The Kier molecular flexibility index (Phi) is 6.35. The van der Waals surface area contributed by atoms with E-state index in [2.05, 4.69) is 10.4 Å². The van der Waals surface area contributed by atoms with Crippen LogP contribution in [0.15, 0.2) is 36.4 Å². The summed E-state index contributed by atoms with van der Waals surface area (Å²) in [6, 6.07) is 10.5. The molecule has 0 saturated carbocycles. The first-order valence-corrected chi connectivity index (χ1v) is 9.60. The summed E-state index contributed by atoms with van der Waals surface area (Å²) in [5, 5.41) is 8.49. The Morgan fingerprint density at radius 3 is 2.28 bits per heavy atom. The standard InChI is InChI=1S/C21H21Cl2N3O3/c1-12-20(24-21(27)15-8-16(28-3)10-17(9-15)29-4)13(2)26(25-12)11-14-5-6-18(22)19(23)7-14/h5-10H,11H2,1-4H3,(H,24,27). The molecule has 1 amide bonds. The molecule has 3 aromatic rings. The molecular formula is C21H21Cl2N3O3. The van der Waals surface area contributed by atoms with Crippen LogP contribution < -0.4 is 14.8 Å². The number of carbonyl (C=O) groups is 1. The summed E-state index contributed by atoms with van der Waals surface area (Å²) >= 11 is 12.1. The van der Waals surface area contributed by atoms with E-state index in [4.69, 9.17) is 32.7 Å². The highest BCUT2D eigenvalue weighted by molar-refractivity contribution is 6.42. The number of nitrogens with zero attached hydrogens (tertiary/aromatic N) is 2. The average Bonchev–Trinajstić information content (AvgIpc) is 2.97. The smallest absolute Gasteiger partial charge is 0.256 e. The molecule has 0 aliphatic heterocycles. The van der Waals surface area contributed by atoms with Gasteiger partial charge >= 0.3 is 0 Å². The molecule has 0 aliphatic rings. The minimum Gasteiger partial charge on any atom is -0.497 e. The van der Waals surface area contributed by atoms with Crippen LogP contribution in [0.25, 0.3) is 0 Å². The van der Waals surface area contributed by atoms with E-state index in [1.807, 2.05) is 24.6 Å². The van der Waals surface area contributed by atoms with Crippen molar-refractivity contribution in [3.8, 4) is 11.5 Å². The van der Waals surface area contributed by atoms with Crippen LogP contribution in [-0.2, 0) is 6.54 Å². The molecule has 1 N–H and O–H groups in total. The van der Waals surface area contributed by atoms with Gasteiger partial charge in [0.1, 0.15) is 11.5 Å². The molecule has 1 heterocycles. The molecule has 0 unspecified atom stereocenters. The number of aryl methyl sites for hydroxylation is 1. The average molecular weight is 434 g/mol. The van der Waals surface area contributed by atoms with Crippen LogP contribution in [0, 0.1) is 13.8 Å². The number of rotatable bonds is 6. The molecule has 2 aromatic carbocycles. The molecule has 6 nitrogen and oxygen atoms in total. The second-order valence-electron chi connectivity index (χ2n) is 6.51. The van der Waals surface area contributed by atoms with Crippen molar-refractivity contribution in [1.82, 2.24) is 9.78 Å². The lowest BCUT2D eigenvalue weighted by Crippen LogP contribution is -2.13. The van der Waals surface area contributed by atoms with Crippen LogP contribution in [0.2, 0.25) is 10.0 Å². The third-order valence-corrected chi connectivity index (χ3v) is 5.29. The number of halogens is 2. The third-order valence-electron chi connectivity index (χ3n) is 4.55. The van der Waals surface area contributed by atoms with Gasteiger partial charge in [-0.15, -0.1) is 0 Å². The molecule has 0 fully saturated rings. The van der Waals surface area contributed by atoms with E-state index in [1.165, 1.54) is 14.2 Å². The van der Waals surface area contributed by atoms with E-state index in [0.717, 1.165) is 11.3 Å². The van der Waals surface area contributed by atoms with Gasteiger partial charge in [-0.05, 0) is 43.7 Å². The number of anilines is 1. The summed E-state index contributed by atoms with van der Waals surface area (Å²) in [7, 11) is 3.08. The third kappa shape index (κ3) is 4.66. The molecule has 0 spiro atoms. The maximum absolute atomic E-state index is 12.8. The number of aromatic nitrogens is 2. The van der Waals surface area contributed by atoms with Gasteiger partial charge in [-0.3, -0.25) is 9.48 Å². The first kappa shape index (κ1) is 21.0. The number of nitrogens with one attached hydrogen (secondary N) is 1. The highest BCUT2D eigenvalue weighted by atomic mass is 35.5. The number of carbonyl (C=O) groups excluding carboxylic acids is 1. The first-order valence-electron chi connectivity index (χ1n) is 8.84. The second kappa shape index (κ2) is 8.76. The normalized spacial score (nSPS) is 10.7. The lowest BCUT2D eigenvalue weighted by molar-refractivity contribution is 0.102. The zero-order valence-electron chi connectivity index (χ0n) is 16.5. The van der Waals surface area contributed by atoms with Gasteiger partial charge in [-0.2, -0.15) is 5.10 Å². The summed E-state index contributed by atoms with van der Waals surface area (Å²) in [6.07, 6.45) is 0. The molecule has 0 saturated heterocycles. The Morgan fingerprint density at radius 1 is 1.03 bits per heavy atom. The summed E-state index contributed by atoms with van der Waals surface area (Å²) in [5.41, 5.74) is 3.59. The molecule has 152 valence electrons. The number of benzene rings is 2. The quantitative estimate of drug-likeness (QED) is 0.585. The summed E-state index contributed by atoms with van der Waals surface area (Å²) in [6.45, 7) is 4.26. The molecular weight excluding hydrogens is 413 g/mol. The molecule has 8 heteroatoms. The lowest BCUT2D eigenvalue weighted by Gasteiger charge is -2.10. The summed E-state index contributed by atoms with van der Waals surface area (Å²) in [4.78, 5) is 12.8. The molecule has 29 heavy (non-hydrogen) atoms. The molecule has 0 radical (unpaired) electrons. The van der Waals surface area contributed by atoms with E-state index in [-0.39, 0.29) is 5.91 Å². The van der Waals surface area contributed by atoms with Crippen molar-refractivity contribution in [2.45, 2.75) is 20.4 Å². The van der Waals surface area contributed by atoms with Crippen molar-refractivity contribution in [3.63, 3.8) is 0 Å². The van der Waals surface area contributed by atoms with Crippen molar-refractivity contribution in [1.29, 1.82) is 0 Å². The molecule has 1 aromatic heterocycles. The maximum atomic E-state index is 12.8.